The van der Waals surface area contributed by atoms with Gasteiger partial charge in [-0.05, 0) is 25.5 Å². The molecule has 1 aliphatic rings. The number of ether oxygens (including phenoxy) is 1. The van der Waals surface area contributed by atoms with E-state index in [1.165, 1.54) is 0 Å². The minimum Gasteiger partial charge on any atom is -0.381 e. The highest BCUT2D eigenvalue weighted by Crippen LogP contribution is 2.20. The number of carbonyl (C=O) groups excluding carboxylic acids is 1. The van der Waals surface area contributed by atoms with Gasteiger partial charge in [0.2, 0.25) is 0 Å². The maximum atomic E-state index is 13.7. The van der Waals surface area contributed by atoms with Crippen LogP contribution in [0, 0.1) is 17.6 Å². The minimum absolute atomic E-state index is 0.0134. The first-order valence-electron chi connectivity index (χ1n) is 6.70. The van der Waals surface area contributed by atoms with Crippen molar-refractivity contribution in [2.24, 2.45) is 5.92 Å². The molecule has 1 amide bonds. The fourth-order valence-electron chi connectivity index (χ4n) is 2.13. The normalized spacial score (nSPS) is 18.1. The lowest BCUT2D eigenvalue weighted by atomic mass is 10.1. The van der Waals surface area contributed by atoms with Crippen LogP contribution in [0.2, 0.25) is 0 Å². The Bertz CT molecular complexity index is 465. The van der Waals surface area contributed by atoms with E-state index in [4.69, 9.17) is 4.74 Å². The Balaban J connectivity index is 2.02. The predicted octanol–water partition coefficient (Wildman–Crippen LogP) is 2.16. The summed E-state index contributed by atoms with van der Waals surface area (Å²) in [4.78, 5) is 11.9. The Labute approximate surface area is 116 Å². The minimum atomic E-state index is -0.763. The Hall–Kier alpha value is -1.69. The summed E-state index contributed by atoms with van der Waals surface area (Å²) in [6, 6.07) is 2.09. The van der Waals surface area contributed by atoms with E-state index in [1.807, 2.05) is 0 Å². The van der Waals surface area contributed by atoms with E-state index in [0.717, 1.165) is 18.6 Å². The zero-order valence-corrected chi connectivity index (χ0v) is 11.3. The molecule has 0 aromatic heterocycles. The number of amides is 1. The van der Waals surface area contributed by atoms with E-state index >= 15 is 0 Å². The van der Waals surface area contributed by atoms with Gasteiger partial charge < -0.3 is 15.4 Å². The first kappa shape index (κ1) is 14.7. The monoisotopic (exact) mass is 284 g/mol. The molecule has 0 bridgehead atoms. The summed E-state index contributed by atoms with van der Waals surface area (Å²) in [6.07, 6.45) is 0.891. The van der Waals surface area contributed by atoms with E-state index in [2.05, 4.69) is 10.6 Å². The van der Waals surface area contributed by atoms with Crippen LogP contribution in [-0.2, 0) is 4.74 Å². The molecule has 1 aromatic rings. The Morgan fingerprint density at radius 3 is 2.65 bits per heavy atom. The Morgan fingerprint density at radius 1 is 1.40 bits per heavy atom. The topological polar surface area (TPSA) is 50.4 Å². The molecule has 2 N–H and O–H groups in total. The largest absolute Gasteiger partial charge is 0.381 e. The lowest BCUT2D eigenvalue weighted by molar-refractivity contribution is 0.0944. The number of halogens is 2. The first-order valence-corrected chi connectivity index (χ1v) is 6.70. The molecule has 2 rings (SSSR count). The third kappa shape index (κ3) is 3.45. The molecule has 1 saturated heterocycles. The highest BCUT2D eigenvalue weighted by Gasteiger charge is 2.18. The summed E-state index contributed by atoms with van der Waals surface area (Å²) in [5.74, 6) is -1.73. The second-order valence-electron chi connectivity index (χ2n) is 4.78. The van der Waals surface area contributed by atoms with Crippen molar-refractivity contribution in [3.8, 4) is 0 Å². The highest BCUT2D eigenvalue weighted by atomic mass is 19.1. The molecule has 110 valence electrons. The average Bonchev–Trinajstić information content (AvgIpc) is 2.93. The summed E-state index contributed by atoms with van der Waals surface area (Å²) in [5.41, 5.74) is -0.214. The van der Waals surface area contributed by atoms with Crippen molar-refractivity contribution in [2.45, 2.75) is 13.3 Å². The molecule has 1 aliphatic heterocycles. The SMILES string of the molecule is CCNc1c(F)cc(C(=O)NCC2CCOC2)cc1F. The van der Waals surface area contributed by atoms with Gasteiger partial charge >= 0.3 is 0 Å². The number of carbonyl (C=O) groups is 1. The van der Waals surface area contributed by atoms with Crippen LogP contribution in [-0.4, -0.2) is 32.2 Å². The average molecular weight is 284 g/mol. The van der Waals surface area contributed by atoms with Crippen molar-refractivity contribution in [3.05, 3.63) is 29.3 Å². The van der Waals surface area contributed by atoms with Gasteiger partial charge in [0.05, 0.1) is 6.61 Å². The third-order valence-corrected chi connectivity index (χ3v) is 3.23. The molecule has 1 atom stereocenters. The smallest absolute Gasteiger partial charge is 0.251 e. The molecule has 4 nitrogen and oxygen atoms in total. The standard InChI is InChI=1S/C14H18F2N2O2/c1-2-17-13-11(15)5-10(6-12(13)16)14(19)18-7-9-3-4-20-8-9/h5-6,9,17H,2-4,7-8H2,1H3,(H,18,19). The van der Waals surface area contributed by atoms with Gasteiger partial charge in [-0.1, -0.05) is 0 Å². The quantitative estimate of drug-likeness (QED) is 0.871. The van der Waals surface area contributed by atoms with Crippen molar-refractivity contribution < 1.29 is 18.3 Å². The van der Waals surface area contributed by atoms with Gasteiger partial charge in [0.15, 0.2) is 0 Å². The van der Waals surface area contributed by atoms with Crippen LogP contribution in [0.5, 0.6) is 0 Å². The van der Waals surface area contributed by atoms with Crippen LogP contribution in [0.15, 0.2) is 12.1 Å². The summed E-state index contributed by atoms with van der Waals surface area (Å²) >= 11 is 0. The molecule has 1 heterocycles. The molecule has 1 unspecified atom stereocenters. The van der Waals surface area contributed by atoms with Crippen LogP contribution >= 0.6 is 0 Å². The number of hydrogen-bond donors (Lipinski definition) is 2. The van der Waals surface area contributed by atoms with Crippen molar-refractivity contribution in [3.63, 3.8) is 0 Å². The van der Waals surface area contributed by atoms with Gasteiger partial charge in [-0.15, -0.1) is 0 Å². The lowest BCUT2D eigenvalue weighted by Crippen LogP contribution is -2.29. The Morgan fingerprint density at radius 2 is 2.10 bits per heavy atom. The van der Waals surface area contributed by atoms with Gasteiger partial charge in [0.25, 0.3) is 5.91 Å². The van der Waals surface area contributed by atoms with E-state index in [0.29, 0.717) is 26.3 Å². The third-order valence-electron chi connectivity index (χ3n) is 3.23. The van der Waals surface area contributed by atoms with E-state index in [9.17, 15) is 13.6 Å². The lowest BCUT2D eigenvalue weighted by Gasteiger charge is -2.11. The van der Waals surface area contributed by atoms with Gasteiger partial charge in [-0.2, -0.15) is 0 Å². The fourth-order valence-corrected chi connectivity index (χ4v) is 2.13. The van der Waals surface area contributed by atoms with E-state index in [-0.39, 0.29) is 17.2 Å². The second-order valence-corrected chi connectivity index (χ2v) is 4.78. The Kier molecular flexibility index (Phi) is 4.89. The molecule has 0 saturated carbocycles. The van der Waals surface area contributed by atoms with Crippen molar-refractivity contribution in [1.82, 2.24) is 5.32 Å². The molecule has 1 aromatic carbocycles. The van der Waals surface area contributed by atoms with Gasteiger partial charge in [0.1, 0.15) is 17.3 Å². The molecule has 20 heavy (non-hydrogen) atoms. The maximum absolute atomic E-state index is 13.7. The molecule has 1 fully saturated rings. The van der Waals surface area contributed by atoms with Crippen LogP contribution in [0.1, 0.15) is 23.7 Å². The van der Waals surface area contributed by atoms with Crippen molar-refractivity contribution in [2.75, 3.05) is 31.6 Å². The highest BCUT2D eigenvalue weighted by molar-refractivity contribution is 5.94. The predicted molar refractivity (Wildman–Crippen MR) is 71.8 cm³/mol. The summed E-state index contributed by atoms with van der Waals surface area (Å²) < 4.78 is 32.6. The summed E-state index contributed by atoms with van der Waals surface area (Å²) in [6.45, 7) is 3.91. The van der Waals surface area contributed by atoms with Crippen LogP contribution in [0.4, 0.5) is 14.5 Å². The molecule has 0 aliphatic carbocycles. The van der Waals surface area contributed by atoms with Gasteiger partial charge in [0, 0.05) is 31.2 Å². The van der Waals surface area contributed by atoms with Crippen molar-refractivity contribution in [1.29, 1.82) is 0 Å². The number of benzene rings is 1. The molecule has 6 heteroatoms. The zero-order valence-electron chi connectivity index (χ0n) is 11.3. The summed E-state index contributed by atoms with van der Waals surface area (Å²) in [5, 5.41) is 5.26. The molecule has 0 spiro atoms. The fraction of sp³-hybridized carbons (Fsp3) is 0.500. The molecular weight excluding hydrogens is 266 g/mol. The van der Waals surface area contributed by atoms with Crippen molar-refractivity contribution >= 4 is 11.6 Å². The molecule has 0 radical (unpaired) electrons. The maximum Gasteiger partial charge on any atom is 0.251 e. The van der Waals surface area contributed by atoms with Gasteiger partial charge in [-0.3, -0.25) is 4.79 Å². The van der Waals surface area contributed by atoms with Gasteiger partial charge in [-0.25, -0.2) is 8.78 Å². The number of nitrogens with one attached hydrogen (secondary N) is 2. The zero-order chi connectivity index (χ0) is 14.5. The van der Waals surface area contributed by atoms with Crippen LogP contribution < -0.4 is 10.6 Å². The van der Waals surface area contributed by atoms with Crippen LogP contribution in [0.3, 0.4) is 0 Å². The van der Waals surface area contributed by atoms with E-state index < -0.39 is 17.5 Å². The number of anilines is 1. The van der Waals surface area contributed by atoms with Crippen LogP contribution in [0.25, 0.3) is 0 Å². The molecular formula is C14H18F2N2O2. The second kappa shape index (κ2) is 6.65. The number of rotatable bonds is 5. The first-order chi connectivity index (χ1) is 9.61. The number of hydrogen-bond acceptors (Lipinski definition) is 3. The van der Waals surface area contributed by atoms with E-state index in [1.54, 1.807) is 6.92 Å². The summed E-state index contributed by atoms with van der Waals surface area (Å²) in [7, 11) is 0.